The van der Waals surface area contributed by atoms with Gasteiger partial charge in [-0.25, -0.2) is 4.79 Å². The SMILES string of the molecule is CC(C)(C)OC(=O)N1CC[C@H]2C(=O)[C@@H]1c1c([nH]c3ccccc13)C2(C(=O)OC(C)(C)C)C(=O)OC(C)(C)C. The molecule has 206 valence electrons. The molecule has 2 aromatic rings. The average molecular weight is 527 g/mol. The second-order valence-electron chi connectivity index (χ2n) is 13.1. The Bertz CT molecular complexity index is 1270. The van der Waals surface area contributed by atoms with Crippen LogP contribution in [0.5, 0.6) is 0 Å². The van der Waals surface area contributed by atoms with Crippen LogP contribution in [0.15, 0.2) is 24.3 Å². The molecule has 2 heterocycles. The zero-order valence-corrected chi connectivity index (χ0v) is 23.7. The number of ether oxygens (including phenoxy) is 3. The molecule has 9 heteroatoms. The number of esters is 2. The van der Waals surface area contributed by atoms with E-state index in [1.54, 1.807) is 80.5 Å². The molecule has 1 aromatic carbocycles. The lowest BCUT2D eigenvalue weighted by Gasteiger charge is -2.49. The molecule has 0 spiro atoms. The third-order valence-electron chi connectivity index (χ3n) is 6.59. The van der Waals surface area contributed by atoms with Crippen molar-refractivity contribution in [1.29, 1.82) is 0 Å². The number of para-hydroxylation sites is 1. The van der Waals surface area contributed by atoms with Crippen molar-refractivity contribution in [2.75, 3.05) is 6.54 Å². The maximum atomic E-state index is 14.3. The van der Waals surface area contributed by atoms with Gasteiger partial charge in [-0.15, -0.1) is 0 Å². The molecule has 1 saturated heterocycles. The first-order valence-corrected chi connectivity index (χ1v) is 13.0. The number of amides is 1. The number of nitrogens with one attached hydrogen (secondary N) is 1. The summed E-state index contributed by atoms with van der Waals surface area (Å²) in [6.07, 6.45) is -0.574. The Morgan fingerprint density at radius 2 is 1.39 bits per heavy atom. The third kappa shape index (κ3) is 4.67. The molecule has 1 aromatic heterocycles. The van der Waals surface area contributed by atoms with Gasteiger partial charge >= 0.3 is 18.0 Å². The van der Waals surface area contributed by atoms with Crippen LogP contribution in [0.1, 0.15) is 86.0 Å². The number of hydrogen-bond acceptors (Lipinski definition) is 7. The summed E-state index contributed by atoms with van der Waals surface area (Å²) in [7, 11) is 0. The summed E-state index contributed by atoms with van der Waals surface area (Å²) in [6, 6.07) is 6.18. The Morgan fingerprint density at radius 1 is 0.868 bits per heavy atom. The summed E-state index contributed by atoms with van der Waals surface area (Å²) in [5.41, 5.74) is -3.47. The van der Waals surface area contributed by atoms with Crippen molar-refractivity contribution in [3.8, 4) is 0 Å². The van der Waals surface area contributed by atoms with Crippen LogP contribution in [0.25, 0.3) is 10.9 Å². The quantitative estimate of drug-likeness (QED) is 0.334. The molecule has 4 rings (SSSR count). The van der Waals surface area contributed by atoms with Crippen molar-refractivity contribution in [3.63, 3.8) is 0 Å². The monoisotopic (exact) mass is 526 g/mol. The van der Waals surface area contributed by atoms with E-state index in [0.29, 0.717) is 16.5 Å². The van der Waals surface area contributed by atoms with Crippen LogP contribution in [-0.4, -0.2) is 57.0 Å². The number of piperidine rings is 1. The fraction of sp³-hybridized carbons (Fsp3) is 0.586. The van der Waals surface area contributed by atoms with Crippen LogP contribution in [0, 0.1) is 5.92 Å². The van der Waals surface area contributed by atoms with Crippen LogP contribution in [0.2, 0.25) is 0 Å². The number of aromatic nitrogens is 1. The summed E-state index contributed by atoms with van der Waals surface area (Å²) in [5.74, 6) is -3.23. The van der Waals surface area contributed by atoms with Crippen LogP contribution < -0.4 is 0 Å². The number of aromatic amines is 1. The normalized spacial score (nSPS) is 21.1. The Kier molecular flexibility index (Phi) is 6.44. The fourth-order valence-electron chi connectivity index (χ4n) is 5.35. The van der Waals surface area contributed by atoms with E-state index in [9.17, 15) is 19.2 Å². The van der Waals surface area contributed by atoms with Gasteiger partial charge in [-0.05, 0) is 74.8 Å². The van der Waals surface area contributed by atoms with E-state index in [2.05, 4.69) is 4.98 Å². The molecular weight excluding hydrogens is 488 g/mol. The first-order chi connectivity index (χ1) is 17.4. The summed E-state index contributed by atoms with van der Waals surface area (Å²) < 4.78 is 17.3. The maximum Gasteiger partial charge on any atom is 0.411 e. The fourth-order valence-corrected chi connectivity index (χ4v) is 5.35. The topological polar surface area (TPSA) is 115 Å². The second kappa shape index (κ2) is 8.85. The van der Waals surface area contributed by atoms with Gasteiger partial charge in [0.25, 0.3) is 0 Å². The van der Waals surface area contributed by atoms with Gasteiger partial charge in [0, 0.05) is 23.0 Å². The van der Waals surface area contributed by atoms with Gasteiger partial charge in [0.15, 0.2) is 5.78 Å². The Labute approximate surface area is 223 Å². The van der Waals surface area contributed by atoms with E-state index in [1.165, 1.54) is 4.90 Å². The van der Waals surface area contributed by atoms with Gasteiger partial charge in [-0.1, -0.05) is 18.2 Å². The minimum atomic E-state index is -2.07. The van der Waals surface area contributed by atoms with Crippen molar-refractivity contribution < 1.29 is 33.4 Å². The number of ketones is 1. The predicted octanol–water partition coefficient (Wildman–Crippen LogP) is 4.97. The average Bonchev–Trinajstić information content (AvgIpc) is 3.09. The number of carbonyl (C=O) groups excluding carboxylic acids is 4. The van der Waals surface area contributed by atoms with Gasteiger partial charge in [0.05, 0.1) is 11.6 Å². The predicted molar refractivity (Wildman–Crippen MR) is 140 cm³/mol. The number of hydrogen-bond donors (Lipinski definition) is 1. The largest absolute Gasteiger partial charge is 0.459 e. The van der Waals surface area contributed by atoms with E-state index in [-0.39, 0.29) is 18.7 Å². The second-order valence-corrected chi connectivity index (χ2v) is 13.1. The molecule has 1 fully saturated rings. The van der Waals surface area contributed by atoms with E-state index < -0.39 is 58.0 Å². The van der Waals surface area contributed by atoms with Crippen LogP contribution in [0.3, 0.4) is 0 Å². The van der Waals surface area contributed by atoms with Gasteiger partial charge in [-0.3, -0.25) is 19.3 Å². The summed E-state index contributed by atoms with van der Waals surface area (Å²) in [6.45, 7) is 15.6. The molecule has 38 heavy (non-hydrogen) atoms. The number of likely N-dealkylation sites (tertiary alicyclic amines) is 1. The number of rotatable bonds is 2. The molecule has 1 aliphatic heterocycles. The number of benzene rings is 1. The number of fused-ring (bicyclic) bond motifs is 6. The standard InChI is InChI=1S/C29H38N2O7/c1-26(2,3)36-23(33)29(24(34)37-27(4,5)6)17-14-15-31(25(35)38-28(7,8)9)20(21(17)32)19-16-12-10-11-13-18(16)30-22(19)29/h10-13,17,20,30H,14-15H2,1-9H3/t17-,20-/m0/s1. The number of nitrogens with zero attached hydrogens (tertiary/aromatic N) is 1. The summed E-state index contributed by atoms with van der Waals surface area (Å²) in [5, 5.41) is 0.631. The molecule has 0 unspecified atom stereocenters. The van der Waals surface area contributed by atoms with E-state index in [4.69, 9.17) is 14.2 Å². The number of H-pyrrole nitrogens is 1. The molecule has 1 amide bonds. The zero-order chi connectivity index (χ0) is 28.4. The van der Waals surface area contributed by atoms with Crippen LogP contribution in [0.4, 0.5) is 4.79 Å². The molecule has 2 bridgehead atoms. The lowest BCUT2D eigenvalue weighted by molar-refractivity contribution is -0.185. The summed E-state index contributed by atoms with van der Waals surface area (Å²) in [4.78, 5) is 60.5. The number of Topliss-reactive ketones (excluding diaryl/α,β-unsaturated/α-hetero) is 1. The number of carbonyl (C=O) groups is 4. The van der Waals surface area contributed by atoms with Gasteiger partial charge < -0.3 is 19.2 Å². The van der Waals surface area contributed by atoms with Gasteiger partial charge in [0.1, 0.15) is 22.8 Å². The Hall–Kier alpha value is -3.36. The first kappa shape index (κ1) is 27.7. The Morgan fingerprint density at radius 3 is 1.92 bits per heavy atom. The lowest BCUT2D eigenvalue weighted by Crippen LogP contribution is -2.64. The molecule has 1 aliphatic carbocycles. The maximum absolute atomic E-state index is 14.3. The highest BCUT2D eigenvalue weighted by Gasteiger charge is 2.68. The molecule has 9 nitrogen and oxygen atoms in total. The van der Waals surface area contributed by atoms with Gasteiger partial charge in [-0.2, -0.15) is 0 Å². The highest BCUT2D eigenvalue weighted by atomic mass is 16.6. The van der Waals surface area contributed by atoms with Crippen molar-refractivity contribution in [3.05, 3.63) is 35.5 Å². The lowest BCUT2D eigenvalue weighted by atomic mass is 9.60. The molecule has 0 radical (unpaired) electrons. The van der Waals surface area contributed by atoms with Gasteiger partial charge in [0.2, 0.25) is 5.41 Å². The molecule has 2 atom stereocenters. The van der Waals surface area contributed by atoms with Crippen molar-refractivity contribution in [2.24, 2.45) is 5.92 Å². The highest BCUT2D eigenvalue weighted by molar-refractivity contribution is 6.16. The highest BCUT2D eigenvalue weighted by Crippen LogP contribution is 2.54. The van der Waals surface area contributed by atoms with E-state index >= 15 is 0 Å². The molecule has 0 saturated carbocycles. The molecule has 2 aliphatic rings. The smallest absolute Gasteiger partial charge is 0.411 e. The summed E-state index contributed by atoms with van der Waals surface area (Å²) >= 11 is 0. The first-order valence-electron chi connectivity index (χ1n) is 13.0. The molecular formula is C29H38N2O7. The van der Waals surface area contributed by atoms with Crippen molar-refractivity contribution in [2.45, 2.75) is 97.0 Å². The zero-order valence-electron chi connectivity index (χ0n) is 23.7. The van der Waals surface area contributed by atoms with Crippen molar-refractivity contribution >= 4 is 34.7 Å². The minimum absolute atomic E-state index is 0.0574. The van der Waals surface area contributed by atoms with Crippen LogP contribution in [-0.2, 0) is 34.0 Å². The third-order valence-corrected chi connectivity index (χ3v) is 6.59. The van der Waals surface area contributed by atoms with Crippen LogP contribution >= 0.6 is 0 Å². The van der Waals surface area contributed by atoms with E-state index in [0.717, 1.165) is 0 Å². The molecule has 1 N–H and O–H groups in total. The minimum Gasteiger partial charge on any atom is -0.459 e. The van der Waals surface area contributed by atoms with E-state index in [1.807, 2.05) is 6.07 Å². The van der Waals surface area contributed by atoms with Crippen molar-refractivity contribution in [1.82, 2.24) is 9.88 Å². The Balaban J connectivity index is 2.02.